The fraction of sp³-hybridized carbons (Fsp3) is 0.556. The van der Waals surface area contributed by atoms with E-state index >= 15 is 0 Å². The largest absolute Gasteiger partial charge is 0.375 e. The Bertz CT molecular complexity index is 571. The Balaban J connectivity index is 1.80. The topological polar surface area (TPSA) is 61.9 Å². The summed E-state index contributed by atoms with van der Waals surface area (Å²) in [6.45, 7) is 5.14. The highest BCUT2D eigenvalue weighted by Gasteiger charge is 2.23. The Kier molecular flexibility index (Phi) is 7.68. The summed E-state index contributed by atoms with van der Waals surface area (Å²) in [6, 6.07) is 7.53. The van der Waals surface area contributed by atoms with Gasteiger partial charge in [-0.05, 0) is 24.1 Å². The van der Waals surface area contributed by atoms with Crippen LogP contribution in [0.2, 0.25) is 5.02 Å². The number of carbonyl (C=O) groups excluding carboxylic acids is 2. The molecule has 1 aliphatic heterocycles. The third-order valence-electron chi connectivity index (χ3n) is 4.38. The molecule has 1 aliphatic rings. The van der Waals surface area contributed by atoms with Gasteiger partial charge in [0.05, 0.1) is 12.6 Å². The Morgan fingerprint density at radius 2 is 1.84 bits per heavy atom. The van der Waals surface area contributed by atoms with Crippen molar-refractivity contribution in [1.82, 2.24) is 15.1 Å². The van der Waals surface area contributed by atoms with Crippen LogP contribution in [0.4, 0.5) is 0 Å². The predicted octanol–water partition coefficient (Wildman–Crippen LogP) is 1.70. The van der Waals surface area contributed by atoms with Crippen molar-refractivity contribution in [2.24, 2.45) is 0 Å². The number of nitrogens with zero attached hydrogens (tertiary/aromatic N) is 2. The summed E-state index contributed by atoms with van der Waals surface area (Å²) in [7, 11) is 1.52. The number of amides is 2. The zero-order valence-electron chi connectivity index (χ0n) is 14.8. The monoisotopic (exact) mass is 367 g/mol. The number of hydrogen-bond acceptors (Lipinski definition) is 4. The Hall–Kier alpha value is -1.63. The van der Waals surface area contributed by atoms with Gasteiger partial charge in [0, 0.05) is 38.3 Å². The van der Waals surface area contributed by atoms with E-state index in [9.17, 15) is 9.59 Å². The summed E-state index contributed by atoms with van der Waals surface area (Å²) in [5.41, 5.74) is 1.05. The highest BCUT2D eigenvalue weighted by molar-refractivity contribution is 6.30. The van der Waals surface area contributed by atoms with Crippen molar-refractivity contribution in [3.63, 3.8) is 0 Å². The van der Waals surface area contributed by atoms with E-state index in [2.05, 4.69) is 10.2 Å². The van der Waals surface area contributed by atoms with Crippen LogP contribution >= 0.6 is 11.6 Å². The van der Waals surface area contributed by atoms with Gasteiger partial charge >= 0.3 is 0 Å². The number of benzene rings is 1. The molecular weight excluding hydrogens is 342 g/mol. The average molecular weight is 368 g/mol. The van der Waals surface area contributed by atoms with Gasteiger partial charge in [0.15, 0.2) is 0 Å². The number of methoxy groups -OCH3 is 1. The standard InChI is InChI=1S/C18H26ClN3O3/c1-3-16(14-4-6-15(19)7-5-14)20-17(23)12-21-8-10-22(11-9-21)18(24)13-25-2/h4-7,16H,3,8-13H2,1-2H3,(H,20,23). The number of hydrogen-bond donors (Lipinski definition) is 1. The quantitative estimate of drug-likeness (QED) is 0.796. The van der Waals surface area contributed by atoms with Crippen molar-refractivity contribution in [2.75, 3.05) is 46.4 Å². The zero-order chi connectivity index (χ0) is 18.2. The molecule has 0 spiro atoms. The van der Waals surface area contributed by atoms with Crippen LogP contribution < -0.4 is 5.32 Å². The van der Waals surface area contributed by atoms with Gasteiger partial charge in [-0.1, -0.05) is 30.7 Å². The number of halogens is 1. The average Bonchev–Trinajstić information content (AvgIpc) is 2.61. The Labute approximate surface area is 154 Å². The molecule has 0 bridgehead atoms. The highest BCUT2D eigenvalue weighted by atomic mass is 35.5. The van der Waals surface area contributed by atoms with Crippen LogP contribution in [-0.2, 0) is 14.3 Å². The molecule has 138 valence electrons. The molecule has 1 unspecified atom stereocenters. The van der Waals surface area contributed by atoms with Crippen molar-refractivity contribution >= 4 is 23.4 Å². The molecule has 1 heterocycles. The first-order valence-corrected chi connectivity index (χ1v) is 8.95. The summed E-state index contributed by atoms with van der Waals surface area (Å²) in [4.78, 5) is 28.0. The zero-order valence-corrected chi connectivity index (χ0v) is 15.6. The van der Waals surface area contributed by atoms with E-state index in [-0.39, 0.29) is 24.5 Å². The minimum Gasteiger partial charge on any atom is -0.375 e. The van der Waals surface area contributed by atoms with Gasteiger partial charge in [-0.15, -0.1) is 0 Å². The second-order valence-corrected chi connectivity index (χ2v) is 6.61. The van der Waals surface area contributed by atoms with Crippen LogP contribution in [0.5, 0.6) is 0 Å². The molecule has 1 saturated heterocycles. The maximum atomic E-state index is 12.4. The van der Waals surface area contributed by atoms with E-state index in [1.54, 1.807) is 4.90 Å². The minimum atomic E-state index is -0.0191. The number of nitrogens with one attached hydrogen (secondary N) is 1. The summed E-state index contributed by atoms with van der Waals surface area (Å²) >= 11 is 5.92. The number of piperazine rings is 1. The molecule has 1 N–H and O–H groups in total. The summed E-state index contributed by atoms with van der Waals surface area (Å²) in [6.07, 6.45) is 0.812. The van der Waals surface area contributed by atoms with Crippen molar-refractivity contribution in [3.8, 4) is 0 Å². The van der Waals surface area contributed by atoms with Crippen LogP contribution in [0.25, 0.3) is 0 Å². The van der Waals surface area contributed by atoms with Gasteiger partial charge in [-0.25, -0.2) is 0 Å². The molecule has 0 aliphatic carbocycles. The van der Waals surface area contributed by atoms with Crippen LogP contribution in [-0.4, -0.2) is 68.1 Å². The van der Waals surface area contributed by atoms with Crippen molar-refractivity contribution in [2.45, 2.75) is 19.4 Å². The van der Waals surface area contributed by atoms with Gasteiger partial charge in [-0.3, -0.25) is 14.5 Å². The van der Waals surface area contributed by atoms with E-state index in [1.165, 1.54) is 7.11 Å². The van der Waals surface area contributed by atoms with Crippen molar-refractivity contribution in [1.29, 1.82) is 0 Å². The molecule has 2 amide bonds. The van der Waals surface area contributed by atoms with Crippen LogP contribution in [0, 0.1) is 0 Å². The SMILES string of the molecule is CCC(NC(=O)CN1CCN(C(=O)COC)CC1)c1ccc(Cl)cc1. The maximum Gasteiger partial charge on any atom is 0.248 e. The van der Waals surface area contributed by atoms with Gasteiger partial charge in [0.25, 0.3) is 0 Å². The molecular formula is C18H26ClN3O3. The van der Waals surface area contributed by atoms with Crippen molar-refractivity contribution < 1.29 is 14.3 Å². The van der Waals surface area contributed by atoms with E-state index < -0.39 is 0 Å². The predicted molar refractivity (Wildman–Crippen MR) is 97.5 cm³/mol. The van der Waals surface area contributed by atoms with Crippen molar-refractivity contribution in [3.05, 3.63) is 34.9 Å². The van der Waals surface area contributed by atoms with Gasteiger partial charge < -0.3 is 15.0 Å². The minimum absolute atomic E-state index is 0.000358. The van der Waals surface area contributed by atoms with Crippen LogP contribution in [0.15, 0.2) is 24.3 Å². The van der Waals surface area contributed by atoms with Crippen LogP contribution in [0.1, 0.15) is 24.9 Å². The van der Waals surface area contributed by atoms with Crippen LogP contribution in [0.3, 0.4) is 0 Å². The molecule has 0 saturated carbocycles. The van der Waals surface area contributed by atoms with E-state index in [0.717, 1.165) is 12.0 Å². The fourth-order valence-corrected chi connectivity index (χ4v) is 3.06. The van der Waals surface area contributed by atoms with Gasteiger partial charge in [0.2, 0.25) is 11.8 Å². The molecule has 7 heteroatoms. The number of rotatable bonds is 7. The Morgan fingerprint density at radius 1 is 1.20 bits per heavy atom. The lowest BCUT2D eigenvalue weighted by Gasteiger charge is -2.34. The summed E-state index contributed by atoms with van der Waals surface area (Å²) in [5.74, 6) is -0.00106. The second kappa shape index (κ2) is 9.75. The Morgan fingerprint density at radius 3 is 2.40 bits per heavy atom. The van der Waals surface area contributed by atoms with E-state index in [0.29, 0.717) is 37.7 Å². The molecule has 1 aromatic carbocycles. The number of carbonyl (C=O) groups is 2. The fourth-order valence-electron chi connectivity index (χ4n) is 2.93. The lowest BCUT2D eigenvalue weighted by Crippen LogP contribution is -2.52. The molecule has 6 nitrogen and oxygen atoms in total. The third kappa shape index (κ3) is 5.99. The first-order chi connectivity index (χ1) is 12.0. The first-order valence-electron chi connectivity index (χ1n) is 8.57. The molecule has 0 aromatic heterocycles. The number of ether oxygens (including phenoxy) is 1. The van der Waals surface area contributed by atoms with E-state index in [4.69, 9.17) is 16.3 Å². The molecule has 1 fully saturated rings. The van der Waals surface area contributed by atoms with Gasteiger partial charge in [0.1, 0.15) is 6.61 Å². The lowest BCUT2D eigenvalue weighted by molar-refractivity contribution is -0.137. The summed E-state index contributed by atoms with van der Waals surface area (Å²) < 4.78 is 4.88. The smallest absolute Gasteiger partial charge is 0.248 e. The maximum absolute atomic E-state index is 12.4. The second-order valence-electron chi connectivity index (χ2n) is 6.17. The summed E-state index contributed by atoms with van der Waals surface area (Å²) in [5, 5.41) is 3.77. The molecule has 1 aromatic rings. The lowest BCUT2D eigenvalue weighted by atomic mass is 10.0. The van der Waals surface area contributed by atoms with Gasteiger partial charge in [-0.2, -0.15) is 0 Å². The molecule has 1 atom stereocenters. The molecule has 0 radical (unpaired) electrons. The first kappa shape index (κ1) is 19.7. The molecule has 2 rings (SSSR count). The third-order valence-corrected chi connectivity index (χ3v) is 4.63. The normalized spacial score (nSPS) is 16.5. The molecule has 25 heavy (non-hydrogen) atoms. The van der Waals surface area contributed by atoms with E-state index in [1.807, 2.05) is 31.2 Å². The highest BCUT2D eigenvalue weighted by Crippen LogP contribution is 2.19.